The molecule has 1 aliphatic rings. The topological polar surface area (TPSA) is 59.0 Å². The lowest BCUT2D eigenvalue weighted by Crippen LogP contribution is -2.30. The lowest BCUT2D eigenvalue weighted by atomic mass is 10.1. The van der Waals surface area contributed by atoms with E-state index in [1.807, 2.05) is 13.8 Å². The van der Waals surface area contributed by atoms with Crippen LogP contribution in [-0.2, 0) is 21.0 Å². The van der Waals surface area contributed by atoms with Gasteiger partial charge < -0.3 is 9.74 Å². The second-order valence-electron chi connectivity index (χ2n) is 6.75. The number of amides is 1. The van der Waals surface area contributed by atoms with Crippen LogP contribution in [0.25, 0.3) is 0 Å². The molecule has 0 spiro atoms. The molecule has 0 atom stereocenters. The first-order chi connectivity index (χ1) is 13.3. The number of hydrogen-bond acceptors (Lipinski definition) is 4. The quantitative estimate of drug-likeness (QED) is 0.457. The van der Waals surface area contributed by atoms with Crippen LogP contribution in [0.1, 0.15) is 31.4 Å². The smallest absolute Gasteiger partial charge is 0.317 e. The summed E-state index contributed by atoms with van der Waals surface area (Å²) in [5.41, 5.74) is 1.69. The number of nitrogens with zero attached hydrogens (tertiary/aromatic N) is 2. The van der Waals surface area contributed by atoms with E-state index in [1.54, 1.807) is 36.4 Å². The van der Waals surface area contributed by atoms with Crippen LogP contribution in [-0.4, -0.2) is 17.6 Å². The molecule has 5 nitrogen and oxygen atoms in total. The Bertz CT molecular complexity index is 953. The molecule has 1 heterocycles. The van der Waals surface area contributed by atoms with Crippen molar-refractivity contribution in [2.24, 2.45) is 11.1 Å². The van der Waals surface area contributed by atoms with Gasteiger partial charge in [-0.3, -0.25) is 4.79 Å². The molecule has 0 fully saturated rings. The third-order valence-electron chi connectivity index (χ3n) is 4.14. The normalized spacial score (nSPS) is 14.7. The van der Waals surface area contributed by atoms with Gasteiger partial charge in [0, 0.05) is 26.2 Å². The van der Waals surface area contributed by atoms with Crippen molar-refractivity contribution in [3.8, 4) is 0 Å². The molecule has 0 aromatic heterocycles. The number of fused-ring (bicyclic) bond motifs is 1. The number of oxime groups is 1. The molecular weight excluding hydrogens is 423 g/mol. The monoisotopic (exact) mass is 438 g/mol. The van der Waals surface area contributed by atoms with Gasteiger partial charge in [-0.1, -0.05) is 59.9 Å². The van der Waals surface area contributed by atoms with E-state index in [1.165, 1.54) is 4.90 Å². The third kappa shape index (κ3) is 4.32. The van der Waals surface area contributed by atoms with Gasteiger partial charge in [0.25, 0.3) is 5.91 Å². The van der Waals surface area contributed by atoms with Crippen molar-refractivity contribution in [3.63, 3.8) is 0 Å². The second-order valence-corrected chi connectivity index (χ2v) is 8.00. The molecule has 0 bridgehead atoms. The number of anilines is 1. The first kappa shape index (κ1) is 20.6. The second kappa shape index (κ2) is 8.52. The van der Waals surface area contributed by atoms with E-state index >= 15 is 0 Å². The van der Waals surface area contributed by atoms with E-state index in [-0.39, 0.29) is 24.6 Å². The van der Waals surface area contributed by atoms with E-state index in [0.29, 0.717) is 31.9 Å². The predicted molar refractivity (Wildman–Crippen MR) is 111 cm³/mol. The van der Waals surface area contributed by atoms with E-state index in [4.69, 9.17) is 39.6 Å². The van der Waals surface area contributed by atoms with E-state index in [9.17, 15) is 9.59 Å². The average molecular weight is 440 g/mol. The molecule has 1 amide bonds. The Morgan fingerprint density at radius 3 is 2.46 bits per heavy atom. The summed E-state index contributed by atoms with van der Waals surface area (Å²) in [5.74, 6) is -0.815. The molecule has 0 N–H and O–H groups in total. The molecule has 0 unspecified atom stereocenters. The summed E-state index contributed by atoms with van der Waals surface area (Å²) in [6.07, 6.45) is 0.201. The van der Waals surface area contributed by atoms with Crippen molar-refractivity contribution in [1.29, 1.82) is 0 Å². The summed E-state index contributed by atoms with van der Waals surface area (Å²) in [4.78, 5) is 31.3. The summed E-state index contributed by atoms with van der Waals surface area (Å²) in [7, 11) is 0. The van der Waals surface area contributed by atoms with Gasteiger partial charge in [0.15, 0.2) is 5.71 Å². The highest BCUT2D eigenvalue weighted by atomic mass is 35.5. The Hall–Kier alpha value is -2.08. The standard InChI is InChI=1S/C20H17Cl3N2O3/c1-11(2)8-18(26)28-24-19-13-9-12(21)6-7-17(13)25(20(19)27)10-14-15(22)4-3-5-16(14)23/h3-7,9,11H,8,10H2,1-2H3/b24-19-. The van der Waals surface area contributed by atoms with Gasteiger partial charge in [-0.05, 0) is 36.2 Å². The number of hydrogen-bond donors (Lipinski definition) is 0. The summed E-state index contributed by atoms with van der Waals surface area (Å²) in [6, 6.07) is 10.1. The Kier molecular flexibility index (Phi) is 6.28. The number of carbonyl (C=O) groups excluding carboxylic acids is 2. The van der Waals surface area contributed by atoms with Crippen molar-refractivity contribution in [2.75, 3.05) is 4.90 Å². The van der Waals surface area contributed by atoms with Gasteiger partial charge in [0.2, 0.25) is 0 Å². The van der Waals surface area contributed by atoms with Crippen molar-refractivity contribution in [1.82, 2.24) is 0 Å². The Morgan fingerprint density at radius 2 is 1.82 bits per heavy atom. The van der Waals surface area contributed by atoms with Gasteiger partial charge >= 0.3 is 5.97 Å². The van der Waals surface area contributed by atoms with Gasteiger partial charge in [0.1, 0.15) is 0 Å². The Labute approximate surface area is 177 Å². The van der Waals surface area contributed by atoms with Crippen molar-refractivity contribution < 1.29 is 14.4 Å². The number of rotatable bonds is 5. The van der Waals surface area contributed by atoms with E-state index in [0.717, 1.165) is 0 Å². The zero-order valence-electron chi connectivity index (χ0n) is 15.2. The predicted octanol–water partition coefficient (Wildman–Crippen LogP) is 5.49. The molecule has 0 saturated carbocycles. The van der Waals surface area contributed by atoms with Crippen LogP contribution in [0.5, 0.6) is 0 Å². The number of carbonyl (C=O) groups is 2. The first-order valence-electron chi connectivity index (χ1n) is 8.60. The van der Waals surface area contributed by atoms with Crippen LogP contribution < -0.4 is 4.90 Å². The summed E-state index contributed by atoms with van der Waals surface area (Å²) in [6.45, 7) is 3.92. The molecule has 2 aromatic rings. The molecule has 28 heavy (non-hydrogen) atoms. The van der Waals surface area contributed by atoms with Crippen molar-refractivity contribution >= 4 is 58.1 Å². The van der Waals surface area contributed by atoms with Crippen LogP contribution in [0.4, 0.5) is 5.69 Å². The minimum atomic E-state index is -0.508. The van der Waals surface area contributed by atoms with Gasteiger partial charge in [-0.2, -0.15) is 0 Å². The van der Waals surface area contributed by atoms with Gasteiger partial charge in [0.05, 0.1) is 18.7 Å². The van der Waals surface area contributed by atoms with Crippen LogP contribution in [0.3, 0.4) is 0 Å². The van der Waals surface area contributed by atoms with Crippen LogP contribution >= 0.6 is 34.8 Å². The zero-order chi connectivity index (χ0) is 20.4. The molecule has 0 radical (unpaired) electrons. The van der Waals surface area contributed by atoms with Crippen LogP contribution in [0, 0.1) is 5.92 Å². The largest absolute Gasteiger partial charge is 0.335 e. The fourth-order valence-electron chi connectivity index (χ4n) is 2.84. The minimum Gasteiger partial charge on any atom is -0.317 e. The zero-order valence-corrected chi connectivity index (χ0v) is 17.5. The Morgan fingerprint density at radius 1 is 1.14 bits per heavy atom. The highest BCUT2D eigenvalue weighted by Crippen LogP contribution is 2.35. The molecule has 0 saturated heterocycles. The molecule has 1 aliphatic heterocycles. The maximum atomic E-state index is 13.0. The van der Waals surface area contributed by atoms with E-state index < -0.39 is 11.9 Å². The van der Waals surface area contributed by atoms with Crippen molar-refractivity contribution in [2.45, 2.75) is 26.8 Å². The van der Waals surface area contributed by atoms with Crippen LogP contribution in [0.15, 0.2) is 41.6 Å². The molecule has 146 valence electrons. The highest BCUT2D eigenvalue weighted by Gasteiger charge is 2.36. The summed E-state index contributed by atoms with van der Waals surface area (Å²) < 4.78 is 0. The lowest BCUT2D eigenvalue weighted by Gasteiger charge is -2.18. The van der Waals surface area contributed by atoms with Crippen molar-refractivity contribution in [3.05, 3.63) is 62.6 Å². The average Bonchev–Trinajstić information content (AvgIpc) is 2.86. The first-order valence-corrected chi connectivity index (χ1v) is 9.73. The lowest BCUT2D eigenvalue weighted by molar-refractivity contribution is -0.144. The SMILES string of the molecule is CC(C)CC(=O)O/N=C1\C(=O)N(Cc2c(Cl)cccc2Cl)c2ccc(Cl)cc21. The fraction of sp³-hybridized carbons (Fsp3) is 0.250. The van der Waals surface area contributed by atoms with E-state index in [2.05, 4.69) is 5.16 Å². The van der Waals surface area contributed by atoms with Gasteiger partial charge in [-0.25, -0.2) is 4.79 Å². The molecule has 2 aromatic carbocycles. The summed E-state index contributed by atoms with van der Waals surface area (Å²) in [5, 5.41) is 5.16. The van der Waals surface area contributed by atoms with Crippen LogP contribution in [0.2, 0.25) is 15.1 Å². The molecule has 8 heteroatoms. The Balaban J connectivity index is 1.96. The van der Waals surface area contributed by atoms with Gasteiger partial charge in [-0.15, -0.1) is 0 Å². The fourth-order valence-corrected chi connectivity index (χ4v) is 3.53. The number of halogens is 3. The molecule has 3 rings (SSSR count). The minimum absolute atomic E-state index is 0.0118. The molecule has 0 aliphatic carbocycles. The maximum Gasteiger partial charge on any atom is 0.335 e. The maximum absolute atomic E-state index is 13.0. The number of benzene rings is 2. The molecular formula is C20H17Cl3N2O3. The highest BCUT2D eigenvalue weighted by molar-refractivity contribution is 6.54. The third-order valence-corrected chi connectivity index (χ3v) is 5.09. The summed E-state index contributed by atoms with van der Waals surface area (Å²) >= 11 is 18.6.